The molecule has 0 aliphatic carbocycles. The molecule has 0 saturated heterocycles. The standard InChI is InChI=1S/C12H16ClNO2/c1-9-5-4-6-10(11(9)15)12(16)14-8-3-2-7-13/h4-6,15H,2-3,7-8H2,1H3,(H,14,16). The molecule has 0 atom stereocenters. The van der Waals surface area contributed by atoms with E-state index in [2.05, 4.69) is 5.32 Å². The molecule has 1 rings (SSSR count). The van der Waals surface area contributed by atoms with Crippen LogP contribution in [0.1, 0.15) is 28.8 Å². The number of carbonyl (C=O) groups is 1. The van der Waals surface area contributed by atoms with E-state index in [4.69, 9.17) is 11.6 Å². The highest BCUT2D eigenvalue weighted by atomic mass is 35.5. The van der Waals surface area contributed by atoms with Crippen LogP contribution in [0.15, 0.2) is 18.2 Å². The second kappa shape index (κ2) is 6.38. The number of amides is 1. The lowest BCUT2D eigenvalue weighted by molar-refractivity contribution is 0.0950. The van der Waals surface area contributed by atoms with E-state index in [-0.39, 0.29) is 11.7 Å². The van der Waals surface area contributed by atoms with Crippen molar-refractivity contribution >= 4 is 17.5 Å². The Kier molecular flexibility index (Phi) is 5.12. The maximum absolute atomic E-state index is 11.7. The molecule has 0 heterocycles. The Hall–Kier alpha value is -1.22. The van der Waals surface area contributed by atoms with Gasteiger partial charge in [-0.2, -0.15) is 0 Å². The highest BCUT2D eigenvalue weighted by Gasteiger charge is 2.11. The Bertz CT molecular complexity index is 366. The predicted octanol–water partition coefficient (Wildman–Crippen LogP) is 2.45. The first kappa shape index (κ1) is 12.8. The number of nitrogens with one attached hydrogen (secondary N) is 1. The molecule has 0 spiro atoms. The fourth-order valence-corrected chi connectivity index (χ4v) is 1.55. The number of para-hydroxylation sites is 1. The van der Waals surface area contributed by atoms with Crippen molar-refractivity contribution in [2.24, 2.45) is 0 Å². The molecular formula is C12H16ClNO2. The maximum Gasteiger partial charge on any atom is 0.255 e. The molecule has 2 N–H and O–H groups in total. The number of benzene rings is 1. The van der Waals surface area contributed by atoms with E-state index < -0.39 is 0 Å². The molecule has 16 heavy (non-hydrogen) atoms. The molecule has 1 aromatic rings. The Morgan fingerprint density at radius 1 is 1.44 bits per heavy atom. The molecule has 0 aromatic heterocycles. The number of aryl methyl sites for hydroxylation is 1. The first-order valence-corrected chi connectivity index (χ1v) is 5.83. The van der Waals surface area contributed by atoms with Crippen LogP contribution >= 0.6 is 11.6 Å². The number of phenols is 1. The second-order valence-corrected chi connectivity index (χ2v) is 4.00. The van der Waals surface area contributed by atoms with Gasteiger partial charge in [-0.25, -0.2) is 0 Å². The maximum atomic E-state index is 11.7. The Morgan fingerprint density at radius 3 is 2.88 bits per heavy atom. The highest BCUT2D eigenvalue weighted by molar-refractivity contribution is 6.17. The van der Waals surface area contributed by atoms with Crippen molar-refractivity contribution in [1.82, 2.24) is 5.32 Å². The number of alkyl halides is 1. The van der Waals surface area contributed by atoms with Gasteiger partial charge in [-0.05, 0) is 31.4 Å². The lowest BCUT2D eigenvalue weighted by Gasteiger charge is -2.07. The average molecular weight is 242 g/mol. The van der Waals surface area contributed by atoms with E-state index >= 15 is 0 Å². The van der Waals surface area contributed by atoms with Crippen LogP contribution in [0.25, 0.3) is 0 Å². The molecule has 1 aromatic carbocycles. The molecule has 3 nitrogen and oxygen atoms in total. The minimum atomic E-state index is -0.240. The number of halogens is 1. The summed E-state index contributed by atoms with van der Waals surface area (Å²) < 4.78 is 0. The van der Waals surface area contributed by atoms with E-state index in [0.717, 1.165) is 12.8 Å². The van der Waals surface area contributed by atoms with Crippen molar-refractivity contribution in [2.45, 2.75) is 19.8 Å². The van der Waals surface area contributed by atoms with Gasteiger partial charge in [-0.3, -0.25) is 4.79 Å². The molecule has 0 radical (unpaired) electrons. The van der Waals surface area contributed by atoms with Crippen molar-refractivity contribution in [1.29, 1.82) is 0 Å². The third-order valence-corrected chi connectivity index (χ3v) is 2.60. The zero-order valence-electron chi connectivity index (χ0n) is 9.29. The van der Waals surface area contributed by atoms with Crippen LogP contribution in [0.5, 0.6) is 5.75 Å². The van der Waals surface area contributed by atoms with Crippen molar-refractivity contribution < 1.29 is 9.90 Å². The van der Waals surface area contributed by atoms with E-state index in [0.29, 0.717) is 23.6 Å². The number of hydrogen-bond acceptors (Lipinski definition) is 2. The van der Waals surface area contributed by atoms with Crippen LogP contribution in [0.3, 0.4) is 0 Å². The van der Waals surface area contributed by atoms with Crippen molar-refractivity contribution in [3.63, 3.8) is 0 Å². The topological polar surface area (TPSA) is 49.3 Å². The normalized spacial score (nSPS) is 10.1. The van der Waals surface area contributed by atoms with Crippen molar-refractivity contribution in [3.8, 4) is 5.75 Å². The summed E-state index contributed by atoms with van der Waals surface area (Å²) in [5, 5.41) is 12.4. The third-order valence-electron chi connectivity index (χ3n) is 2.33. The quantitative estimate of drug-likeness (QED) is 0.615. The van der Waals surface area contributed by atoms with Crippen LogP contribution in [0.2, 0.25) is 0 Å². The van der Waals surface area contributed by atoms with Gasteiger partial charge in [0.15, 0.2) is 0 Å². The Morgan fingerprint density at radius 2 is 2.19 bits per heavy atom. The lowest BCUT2D eigenvalue weighted by Crippen LogP contribution is -2.24. The summed E-state index contributed by atoms with van der Waals surface area (Å²) >= 11 is 5.53. The number of rotatable bonds is 5. The number of unbranched alkanes of at least 4 members (excludes halogenated alkanes) is 1. The van der Waals surface area contributed by atoms with Crippen LogP contribution in [-0.2, 0) is 0 Å². The molecule has 4 heteroatoms. The van der Waals surface area contributed by atoms with Crippen LogP contribution in [-0.4, -0.2) is 23.4 Å². The van der Waals surface area contributed by atoms with Gasteiger partial charge in [0.2, 0.25) is 0 Å². The van der Waals surface area contributed by atoms with Gasteiger partial charge in [-0.1, -0.05) is 12.1 Å². The predicted molar refractivity (Wildman–Crippen MR) is 65.1 cm³/mol. The summed E-state index contributed by atoms with van der Waals surface area (Å²) in [6.07, 6.45) is 1.73. The number of phenolic OH excluding ortho intramolecular Hbond substituents is 1. The largest absolute Gasteiger partial charge is 0.507 e. The van der Waals surface area contributed by atoms with Crippen LogP contribution in [0.4, 0.5) is 0 Å². The number of hydrogen-bond donors (Lipinski definition) is 2. The minimum absolute atomic E-state index is 0.0531. The third kappa shape index (κ3) is 3.42. The monoisotopic (exact) mass is 241 g/mol. The Balaban J connectivity index is 2.56. The van der Waals surface area contributed by atoms with Gasteiger partial charge in [0.25, 0.3) is 5.91 Å². The summed E-state index contributed by atoms with van der Waals surface area (Å²) in [6.45, 7) is 2.35. The molecule has 1 amide bonds. The van der Waals surface area contributed by atoms with Gasteiger partial charge in [-0.15, -0.1) is 11.6 Å². The van der Waals surface area contributed by atoms with Crippen LogP contribution in [0, 0.1) is 6.92 Å². The molecule has 0 saturated carbocycles. The zero-order valence-corrected chi connectivity index (χ0v) is 10.0. The van der Waals surface area contributed by atoms with E-state index in [9.17, 15) is 9.90 Å². The summed E-state index contributed by atoms with van der Waals surface area (Å²) in [7, 11) is 0. The van der Waals surface area contributed by atoms with E-state index in [1.54, 1.807) is 25.1 Å². The van der Waals surface area contributed by atoms with Crippen LogP contribution < -0.4 is 5.32 Å². The summed E-state index contributed by atoms with van der Waals surface area (Å²) in [6, 6.07) is 5.13. The molecule has 0 bridgehead atoms. The first-order valence-electron chi connectivity index (χ1n) is 5.29. The SMILES string of the molecule is Cc1cccc(C(=O)NCCCCCl)c1O. The first-order chi connectivity index (χ1) is 7.66. The summed E-state index contributed by atoms with van der Waals surface area (Å²) in [5.41, 5.74) is 1.03. The molecule has 0 fully saturated rings. The lowest BCUT2D eigenvalue weighted by atomic mass is 10.1. The van der Waals surface area contributed by atoms with Crippen molar-refractivity contribution in [2.75, 3.05) is 12.4 Å². The van der Waals surface area contributed by atoms with Gasteiger partial charge in [0.1, 0.15) is 5.75 Å². The second-order valence-electron chi connectivity index (χ2n) is 3.62. The molecule has 0 aliphatic heterocycles. The smallest absolute Gasteiger partial charge is 0.255 e. The molecule has 0 unspecified atom stereocenters. The molecular weight excluding hydrogens is 226 g/mol. The molecule has 0 aliphatic rings. The fraction of sp³-hybridized carbons (Fsp3) is 0.417. The van der Waals surface area contributed by atoms with E-state index in [1.807, 2.05) is 0 Å². The highest BCUT2D eigenvalue weighted by Crippen LogP contribution is 2.20. The van der Waals surface area contributed by atoms with Gasteiger partial charge >= 0.3 is 0 Å². The summed E-state index contributed by atoms with van der Waals surface area (Å²) in [5.74, 6) is 0.416. The number of carbonyl (C=O) groups excluding carboxylic acids is 1. The average Bonchev–Trinajstić information content (AvgIpc) is 2.28. The van der Waals surface area contributed by atoms with Gasteiger partial charge in [0.05, 0.1) is 5.56 Å². The fourth-order valence-electron chi connectivity index (χ4n) is 1.36. The Labute approximate surface area is 100 Å². The molecule has 88 valence electrons. The minimum Gasteiger partial charge on any atom is -0.507 e. The van der Waals surface area contributed by atoms with Gasteiger partial charge in [0, 0.05) is 12.4 Å². The van der Waals surface area contributed by atoms with Gasteiger partial charge < -0.3 is 10.4 Å². The zero-order chi connectivity index (χ0) is 12.0. The van der Waals surface area contributed by atoms with Crippen molar-refractivity contribution in [3.05, 3.63) is 29.3 Å². The summed E-state index contributed by atoms with van der Waals surface area (Å²) in [4.78, 5) is 11.7. The van der Waals surface area contributed by atoms with E-state index in [1.165, 1.54) is 0 Å². The number of aromatic hydroxyl groups is 1.